The summed E-state index contributed by atoms with van der Waals surface area (Å²) < 4.78 is 1.98. The van der Waals surface area contributed by atoms with Gasteiger partial charge in [0.15, 0.2) is 0 Å². The molecule has 0 radical (unpaired) electrons. The number of nitrogen functional groups attached to an aromatic ring is 1. The molecule has 4 rings (SSSR count). The third-order valence-electron chi connectivity index (χ3n) is 5.76. The summed E-state index contributed by atoms with van der Waals surface area (Å²) in [6.07, 6.45) is 2.96. The van der Waals surface area contributed by atoms with Crippen LogP contribution in [0.2, 0.25) is 0 Å². The van der Waals surface area contributed by atoms with Crippen molar-refractivity contribution in [1.29, 1.82) is 0 Å². The van der Waals surface area contributed by atoms with E-state index in [1.165, 1.54) is 0 Å². The number of hydrogen-bond donors (Lipinski definition) is 2. The Morgan fingerprint density at radius 3 is 2.73 bits per heavy atom. The van der Waals surface area contributed by atoms with Crippen LogP contribution in [-0.2, 0) is 4.79 Å². The van der Waals surface area contributed by atoms with Crippen LogP contribution < -0.4 is 11.3 Å². The average Bonchev–Trinajstić information content (AvgIpc) is 2.70. The van der Waals surface area contributed by atoms with Gasteiger partial charge in [-0.2, -0.15) is 0 Å². The van der Waals surface area contributed by atoms with Crippen molar-refractivity contribution in [3.8, 4) is 0 Å². The van der Waals surface area contributed by atoms with Crippen LogP contribution in [-0.4, -0.2) is 50.0 Å². The number of piperidine rings is 1. The fourth-order valence-electron chi connectivity index (χ4n) is 4.74. The summed E-state index contributed by atoms with van der Waals surface area (Å²) >= 11 is 0. The van der Waals surface area contributed by atoms with E-state index in [9.17, 15) is 9.59 Å². The van der Waals surface area contributed by atoms with Gasteiger partial charge < -0.3 is 20.3 Å². The summed E-state index contributed by atoms with van der Waals surface area (Å²) in [5.41, 5.74) is 7.88. The van der Waals surface area contributed by atoms with E-state index in [0.717, 1.165) is 25.0 Å². The zero-order valence-electron chi connectivity index (χ0n) is 17.2. The Morgan fingerprint density at radius 1 is 1.33 bits per heavy atom. The van der Waals surface area contributed by atoms with Crippen molar-refractivity contribution in [2.24, 2.45) is 5.92 Å². The summed E-state index contributed by atoms with van der Waals surface area (Å²) in [4.78, 5) is 44.1. The second-order valence-corrected chi connectivity index (χ2v) is 7.78. The minimum Gasteiger partial charge on any atom is -0.483 e. The molecule has 3 atom stereocenters. The van der Waals surface area contributed by atoms with E-state index in [0.29, 0.717) is 24.5 Å². The highest BCUT2D eigenvalue weighted by atomic mass is 16.3. The SMILES string of the molecule is CCC[C@H]1[C@H]2C[C@H](CN(C(=O)c3cc(C)nc(N)n3)C2)c2cccc(=O)n21.O=CO. The number of aromatic nitrogens is 3. The van der Waals surface area contributed by atoms with Crippen LogP contribution in [0.25, 0.3) is 0 Å². The summed E-state index contributed by atoms with van der Waals surface area (Å²) in [6.45, 7) is 4.93. The third-order valence-corrected chi connectivity index (χ3v) is 5.76. The smallest absolute Gasteiger partial charge is 0.290 e. The number of nitrogens with zero attached hydrogens (tertiary/aromatic N) is 4. The first kappa shape index (κ1) is 21.5. The van der Waals surface area contributed by atoms with Crippen LogP contribution >= 0.6 is 0 Å². The van der Waals surface area contributed by atoms with E-state index in [1.54, 1.807) is 19.1 Å². The number of anilines is 1. The molecule has 1 amide bonds. The Balaban J connectivity index is 0.000000806. The van der Waals surface area contributed by atoms with Gasteiger partial charge in [-0.1, -0.05) is 19.4 Å². The Bertz CT molecular complexity index is 969. The lowest BCUT2D eigenvalue weighted by atomic mass is 9.77. The van der Waals surface area contributed by atoms with Gasteiger partial charge in [-0.05, 0) is 37.8 Å². The molecule has 2 aromatic rings. The van der Waals surface area contributed by atoms with Gasteiger partial charge in [0.2, 0.25) is 5.95 Å². The van der Waals surface area contributed by atoms with Crippen molar-refractivity contribution < 1.29 is 14.7 Å². The van der Waals surface area contributed by atoms with Crippen LogP contribution in [0.3, 0.4) is 0 Å². The van der Waals surface area contributed by atoms with Crippen molar-refractivity contribution in [2.75, 3.05) is 18.8 Å². The normalized spacial score (nSPS) is 21.8. The molecule has 4 heterocycles. The Morgan fingerprint density at radius 2 is 2.07 bits per heavy atom. The van der Waals surface area contributed by atoms with Crippen LogP contribution in [0.5, 0.6) is 0 Å². The monoisotopic (exact) mass is 413 g/mol. The highest BCUT2D eigenvalue weighted by molar-refractivity contribution is 5.92. The summed E-state index contributed by atoms with van der Waals surface area (Å²) in [6, 6.07) is 7.33. The average molecular weight is 413 g/mol. The van der Waals surface area contributed by atoms with Gasteiger partial charge in [-0.15, -0.1) is 0 Å². The first-order chi connectivity index (χ1) is 14.4. The first-order valence-electron chi connectivity index (χ1n) is 10.1. The number of carbonyl (C=O) groups excluding carboxylic acids is 1. The van der Waals surface area contributed by atoms with Crippen molar-refractivity contribution >= 4 is 18.3 Å². The second kappa shape index (κ2) is 9.06. The van der Waals surface area contributed by atoms with Gasteiger partial charge in [0.05, 0.1) is 0 Å². The molecular weight excluding hydrogens is 386 g/mol. The summed E-state index contributed by atoms with van der Waals surface area (Å²) in [5.74, 6) is 0.468. The molecule has 2 aliphatic rings. The largest absolute Gasteiger partial charge is 0.483 e. The Kier molecular flexibility index (Phi) is 6.49. The van der Waals surface area contributed by atoms with Crippen molar-refractivity contribution in [1.82, 2.24) is 19.4 Å². The maximum absolute atomic E-state index is 13.1. The van der Waals surface area contributed by atoms with Crippen LogP contribution in [0.4, 0.5) is 5.95 Å². The fourth-order valence-corrected chi connectivity index (χ4v) is 4.74. The van der Waals surface area contributed by atoms with Crippen LogP contribution in [0.1, 0.15) is 60.0 Å². The molecule has 9 nitrogen and oxygen atoms in total. The molecule has 3 N–H and O–H groups in total. The number of carboxylic acid groups (broad SMARTS) is 1. The highest BCUT2D eigenvalue weighted by Crippen LogP contribution is 2.43. The molecule has 2 bridgehead atoms. The number of rotatable bonds is 3. The van der Waals surface area contributed by atoms with E-state index < -0.39 is 0 Å². The number of amides is 1. The van der Waals surface area contributed by atoms with Crippen molar-refractivity contribution in [3.05, 3.63) is 51.7 Å². The second-order valence-electron chi connectivity index (χ2n) is 7.78. The topological polar surface area (TPSA) is 131 Å². The zero-order chi connectivity index (χ0) is 21.8. The molecule has 0 spiro atoms. The van der Waals surface area contributed by atoms with E-state index in [4.69, 9.17) is 15.6 Å². The van der Waals surface area contributed by atoms with Crippen LogP contribution in [0, 0.1) is 12.8 Å². The van der Waals surface area contributed by atoms with E-state index in [1.807, 2.05) is 21.6 Å². The number of pyridine rings is 1. The first-order valence-corrected chi connectivity index (χ1v) is 10.1. The van der Waals surface area contributed by atoms with E-state index >= 15 is 0 Å². The van der Waals surface area contributed by atoms with E-state index in [-0.39, 0.29) is 41.8 Å². The number of carbonyl (C=O) groups is 2. The molecule has 1 saturated heterocycles. The molecule has 0 unspecified atom stereocenters. The maximum atomic E-state index is 13.1. The van der Waals surface area contributed by atoms with Crippen molar-refractivity contribution in [3.63, 3.8) is 0 Å². The predicted molar refractivity (Wildman–Crippen MR) is 111 cm³/mol. The maximum Gasteiger partial charge on any atom is 0.290 e. The molecule has 2 aliphatic heterocycles. The zero-order valence-corrected chi connectivity index (χ0v) is 17.2. The van der Waals surface area contributed by atoms with E-state index in [2.05, 4.69) is 16.9 Å². The van der Waals surface area contributed by atoms with Gasteiger partial charge in [0.25, 0.3) is 17.9 Å². The molecular formula is C21H27N5O4. The molecule has 160 valence electrons. The lowest BCUT2D eigenvalue weighted by molar-refractivity contribution is -0.122. The number of aryl methyl sites for hydroxylation is 1. The molecule has 0 saturated carbocycles. The number of nitrogens with two attached hydrogens (primary N) is 1. The van der Waals surface area contributed by atoms with Gasteiger partial charge in [0.1, 0.15) is 5.69 Å². The molecule has 9 heteroatoms. The Labute approximate surface area is 174 Å². The quantitative estimate of drug-likeness (QED) is 0.734. The minimum absolute atomic E-state index is 0.0691. The minimum atomic E-state index is -0.250. The molecule has 0 aliphatic carbocycles. The number of fused-ring (bicyclic) bond motifs is 4. The molecule has 30 heavy (non-hydrogen) atoms. The van der Waals surface area contributed by atoms with Crippen LogP contribution in [0.15, 0.2) is 29.1 Å². The van der Waals surface area contributed by atoms with Gasteiger partial charge in [-0.3, -0.25) is 14.4 Å². The number of likely N-dealkylation sites (tertiary alicyclic amines) is 1. The number of hydrogen-bond acceptors (Lipinski definition) is 6. The van der Waals surface area contributed by atoms with Gasteiger partial charge in [-0.25, -0.2) is 9.97 Å². The fraction of sp³-hybridized carbons (Fsp3) is 0.476. The third kappa shape index (κ3) is 4.19. The lowest BCUT2D eigenvalue weighted by Crippen LogP contribution is -2.51. The molecule has 1 fully saturated rings. The van der Waals surface area contributed by atoms with Gasteiger partial charge >= 0.3 is 0 Å². The van der Waals surface area contributed by atoms with Crippen molar-refractivity contribution in [2.45, 2.75) is 45.1 Å². The summed E-state index contributed by atoms with van der Waals surface area (Å²) in [7, 11) is 0. The Hall–Kier alpha value is -3.23. The lowest BCUT2D eigenvalue weighted by Gasteiger charge is -2.47. The highest BCUT2D eigenvalue weighted by Gasteiger charge is 2.41. The van der Waals surface area contributed by atoms with Gasteiger partial charge in [0, 0.05) is 42.5 Å². The molecule has 0 aromatic carbocycles. The summed E-state index contributed by atoms with van der Waals surface area (Å²) in [5, 5.41) is 6.89. The predicted octanol–water partition coefficient (Wildman–Crippen LogP) is 1.83. The molecule has 2 aromatic heterocycles. The standard InChI is InChI=1S/C20H25N5O2.CH2O2/c1-3-5-16-13-9-14(17-6-4-7-18(26)25(16)17)11-24(10-13)19(27)15-8-12(2)22-20(21)23-15;2-1-3/h4,6-8,13-14,16H,3,5,9-11H2,1-2H3,(H2,21,22,23);1H,(H,2,3)/t13-,14+,16-;/m0./s1.